The molecule has 2 heterocycles. The SMILES string of the molecule is CCCCCCCCCCCCCCCCCCOC[C@@H](O)COP(=O)(O)OC[C@@H](CO)CCn1cnc2c(=O)[nH]c(N)nc21. The third-order valence-corrected chi connectivity index (χ3v) is 8.84. The number of aliphatic hydroxyl groups excluding tert-OH is 2. The highest BCUT2D eigenvalue weighted by Crippen LogP contribution is 2.43. The number of aliphatic hydroxyl groups is 2. The number of ether oxygens (including phenoxy) is 1. The van der Waals surface area contributed by atoms with Crippen LogP contribution in [0.4, 0.5) is 5.95 Å². The quantitative estimate of drug-likeness (QED) is 0.0549. The molecule has 0 aliphatic heterocycles. The molecule has 2 aromatic rings. The minimum Gasteiger partial charge on any atom is -0.396 e. The predicted molar refractivity (Wildman–Crippen MR) is 176 cm³/mol. The van der Waals surface area contributed by atoms with E-state index < -0.39 is 32.0 Å². The van der Waals surface area contributed by atoms with Crippen LogP contribution in [0.15, 0.2) is 11.1 Å². The highest BCUT2D eigenvalue weighted by atomic mass is 31.2. The largest absolute Gasteiger partial charge is 0.472 e. The standard InChI is InChI=1S/C31H58N5O8P/c1-2-3-4-5-6-7-8-9-10-11-12-13-14-15-16-17-20-42-23-27(38)24-44-45(40,41)43-22-26(21-37)18-19-36-25-33-28-29(36)34-31(32)35-30(28)39/h25-27,37-38H,2-24H2,1H3,(H,40,41)(H3,32,34,35,39)/t26-,27-/m1/s1. The van der Waals surface area contributed by atoms with E-state index in [9.17, 15) is 24.5 Å². The number of imidazole rings is 1. The fourth-order valence-corrected chi connectivity index (χ4v) is 5.95. The maximum atomic E-state index is 12.3. The summed E-state index contributed by atoms with van der Waals surface area (Å²) in [6.45, 7) is 2.11. The molecule has 3 atom stereocenters. The molecular weight excluding hydrogens is 601 g/mol. The third kappa shape index (κ3) is 17.6. The van der Waals surface area contributed by atoms with Crippen LogP contribution in [0, 0.1) is 5.92 Å². The third-order valence-electron chi connectivity index (χ3n) is 7.89. The molecule has 6 N–H and O–H groups in total. The molecule has 1 unspecified atom stereocenters. The Morgan fingerprint density at radius 1 is 0.911 bits per heavy atom. The molecule has 0 saturated carbocycles. The minimum atomic E-state index is -4.45. The van der Waals surface area contributed by atoms with Gasteiger partial charge in [-0.05, 0) is 12.8 Å². The van der Waals surface area contributed by atoms with Crippen LogP contribution >= 0.6 is 7.82 Å². The van der Waals surface area contributed by atoms with Gasteiger partial charge in [0.1, 0.15) is 6.10 Å². The van der Waals surface area contributed by atoms with Gasteiger partial charge in [-0.15, -0.1) is 0 Å². The number of aromatic nitrogens is 4. The van der Waals surface area contributed by atoms with Crippen molar-refractivity contribution in [3.8, 4) is 0 Å². The molecule has 260 valence electrons. The number of nitrogens with zero attached hydrogens (tertiary/aromatic N) is 3. The second kappa shape index (κ2) is 23.5. The Labute approximate surface area is 267 Å². The summed E-state index contributed by atoms with van der Waals surface area (Å²) in [5.41, 5.74) is 5.59. The Balaban J connectivity index is 1.44. The molecule has 0 spiro atoms. The van der Waals surface area contributed by atoms with Crippen LogP contribution in [0.2, 0.25) is 0 Å². The molecule has 0 radical (unpaired) electrons. The second-order valence-electron chi connectivity index (χ2n) is 12.0. The molecule has 0 fully saturated rings. The number of unbranched alkanes of at least 4 members (excludes halogenated alkanes) is 15. The molecular formula is C31H58N5O8P. The van der Waals surface area contributed by atoms with Crippen LogP contribution in [0.3, 0.4) is 0 Å². The monoisotopic (exact) mass is 659 g/mol. The molecule has 2 aromatic heterocycles. The molecule has 0 aromatic carbocycles. The number of rotatable bonds is 29. The zero-order valence-electron chi connectivity index (χ0n) is 27.2. The van der Waals surface area contributed by atoms with Crippen molar-refractivity contribution in [1.82, 2.24) is 19.5 Å². The number of aromatic amines is 1. The first-order valence-electron chi connectivity index (χ1n) is 16.9. The van der Waals surface area contributed by atoms with E-state index in [0.717, 1.165) is 12.8 Å². The Kier molecular flexibility index (Phi) is 20.5. The van der Waals surface area contributed by atoms with Crippen molar-refractivity contribution < 1.29 is 33.5 Å². The first-order valence-corrected chi connectivity index (χ1v) is 18.4. The normalized spacial score (nSPS) is 14.6. The minimum absolute atomic E-state index is 0.00173. The number of H-pyrrole nitrogens is 1. The molecule has 45 heavy (non-hydrogen) atoms. The van der Waals surface area contributed by atoms with Gasteiger partial charge < -0.3 is 30.1 Å². The van der Waals surface area contributed by atoms with Gasteiger partial charge in [0.15, 0.2) is 11.2 Å². The van der Waals surface area contributed by atoms with E-state index in [1.54, 1.807) is 4.57 Å². The smallest absolute Gasteiger partial charge is 0.396 e. The van der Waals surface area contributed by atoms with Gasteiger partial charge in [-0.3, -0.25) is 18.8 Å². The number of nitrogens with two attached hydrogens (primary N) is 1. The molecule has 0 saturated heterocycles. The molecule has 0 amide bonds. The van der Waals surface area contributed by atoms with Crippen molar-refractivity contribution in [3.63, 3.8) is 0 Å². The lowest BCUT2D eigenvalue weighted by molar-refractivity contribution is 0.000424. The van der Waals surface area contributed by atoms with Crippen molar-refractivity contribution in [3.05, 3.63) is 16.7 Å². The van der Waals surface area contributed by atoms with Gasteiger partial charge in [0.2, 0.25) is 5.95 Å². The first kappa shape index (κ1) is 39.3. The van der Waals surface area contributed by atoms with E-state index in [2.05, 4.69) is 21.9 Å². The van der Waals surface area contributed by atoms with Crippen molar-refractivity contribution in [2.75, 3.05) is 38.8 Å². The molecule has 13 nitrogen and oxygen atoms in total. The molecule has 2 rings (SSSR count). The maximum absolute atomic E-state index is 12.3. The Morgan fingerprint density at radius 3 is 2.04 bits per heavy atom. The van der Waals surface area contributed by atoms with E-state index in [1.807, 2.05) is 0 Å². The fourth-order valence-electron chi connectivity index (χ4n) is 5.12. The summed E-state index contributed by atoms with van der Waals surface area (Å²) in [5, 5.41) is 19.7. The number of anilines is 1. The lowest BCUT2D eigenvalue weighted by atomic mass is 10.0. The number of phosphoric acid groups is 1. The average Bonchev–Trinajstić information content (AvgIpc) is 3.42. The van der Waals surface area contributed by atoms with Crippen LogP contribution in [0.1, 0.15) is 116 Å². The topological polar surface area (TPSA) is 195 Å². The molecule has 0 bridgehead atoms. The second-order valence-corrected chi connectivity index (χ2v) is 13.4. The van der Waals surface area contributed by atoms with E-state index >= 15 is 0 Å². The zero-order chi connectivity index (χ0) is 32.8. The lowest BCUT2D eigenvalue weighted by Crippen LogP contribution is -2.22. The summed E-state index contributed by atoms with van der Waals surface area (Å²) in [5.74, 6) is -0.540. The van der Waals surface area contributed by atoms with E-state index in [-0.39, 0.29) is 31.3 Å². The summed E-state index contributed by atoms with van der Waals surface area (Å²) >= 11 is 0. The van der Waals surface area contributed by atoms with Crippen LogP contribution in [-0.4, -0.2) is 73.8 Å². The van der Waals surface area contributed by atoms with Crippen molar-refractivity contribution in [2.24, 2.45) is 5.92 Å². The number of nitrogens with one attached hydrogen (secondary N) is 1. The lowest BCUT2D eigenvalue weighted by Gasteiger charge is -2.19. The summed E-state index contributed by atoms with van der Waals surface area (Å²) in [6.07, 6.45) is 21.5. The van der Waals surface area contributed by atoms with Crippen molar-refractivity contribution >= 4 is 24.9 Å². The predicted octanol–water partition coefficient (Wildman–Crippen LogP) is 5.47. The van der Waals surface area contributed by atoms with Crippen LogP contribution in [-0.2, 0) is 24.9 Å². The summed E-state index contributed by atoms with van der Waals surface area (Å²) in [6, 6.07) is 0. The maximum Gasteiger partial charge on any atom is 0.472 e. The fraction of sp³-hybridized carbons (Fsp3) is 0.839. The number of aryl methyl sites for hydroxylation is 1. The van der Waals surface area contributed by atoms with Gasteiger partial charge in [-0.2, -0.15) is 4.98 Å². The van der Waals surface area contributed by atoms with Crippen molar-refractivity contribution in [2.45, 2.75) is 129 Å². The number of phosphoric ester groups is 1. The van der Waals surface area contributed by atoms with Gasteiger partial charge in [-0.1, -0.05) is 103 Å². The summed E-state index contributed by atoms with van der Waals surface area (Å²) < 4.78 is 29.3. The summed E-state index contributed by atoms with van der Waals surface area (Å²) in [7, 11) is -4.45. The Hall–Kier alpha value is -1.86. The van der Waals surface area contributed by atoms with Crippen LogP contribution < -0.4 is 11.3 Å². The van der Waals surface area contributed by atoms with Gasteiger partial charge in [-0.25, -0.2) is 9.55 Å². The first-order chi connectivity index (χ1) is 21.8. The Morgan fingerprint density at radius 2 is 1.47 bits per heavy atom. The molecule has 14 heteroatoms. The number of hydrogen-bond donors (Lipinski definition) is 5. The van der Waals surface area contributed by atoms with Crippen LogP contribution in [0.5, 0.6) is 0 Å². The van der Waals surface area contributed by atoms with Gasteiger partial charge in [0.25, 0.3) is 5.56 Å². The number of nitrogen functional groups attached to an aromatic ring is 1. The highest BCUT2D eigenvalue weighted by Gasteiger charge is 2.25. The Bertz CT molecular complexity index is 1150. The molecule has 0 aliphatic carbocycles. The van der Waals surface area contributed by atoms with E-state index in [1.165, 1.54) is 96.2 Å². The highest BCUT2D eigenvalue weighted by molar-refractivity contribution is 7.47. The molecule has 0 aliphatic rings. The number of hydrogen-bond acceptors (Lipinski definition) is 10. The van der Waals surface area contributed by atoms with E-state index in [4.69, 9.17) is 19.5 Å². The zero-order valence-corrected chi connectivity index (χ0v) is 28.1. The van der Waals surface area contributed by atoms with Crippen LogP contribution in [0.25, 0.3) is 11.2 Å². The van der Waals surface area contributed by atoms with Crippen molar-refractivity contribution in [1.29, 1.82) is 0 Å². The average molecular weight is 660 g/mol. The summed E-state index contributed by atoms with van der Waals surface area (Å²) in [4.78, 5) is 32.4. The van der Waals surface area contributed by atoms with Gasteiger partial charge in [0, 0.05) is 25.7 Å². The van der Waals surface area contributed by atoms with Gasteiger partial charge in [0.05, 0.1) is 26.1 Å². The van der Waals surface area contributed by atoms with E-state index in [0.29, 0.717) is 25.2 Å². The van der Waals surface area contributed by atoms with Gasteiger partial charge >= 0.3 is 7.82 Å². The number of fused-ring (bicyclic) bond motifs is 1.